The molecular weight excluding hydrogens is 530 g/mol. The number of nitrogens with zero attached hydrogens (tertiary/aromatic N) is 1. The number of hydrogen-bond acceptors (Lipinski definition) is 10. The smallest absolute Gasteiger partial charge is 0.336 e. The van der Waals surface area contributed by atoms with Crippen LogP contribution in [0.25, 0.3) is 0 Å². The number of rotatable bonds is 7. The van der Waals surface area contributed by atoms with E-state index in [1.807, 2.05) is 12.1 Å². The van der Waals surface area contributed by atoms with Gasteiger partial charge in [0.1, 0.15) is 6.10 Å². The molecule has 1 aromatic carbocycles. The molecule has 2 aliphatic carbocycles. The third-order valence-corrected chi connectivity index (χ3v) is 7.96. The zero-order valence-corrected chi connectivity index (χ0v) is 22.2. The van der Waals surface area contributed by atoms with Crippen molar-refractivity contribution in [2.24, 2.45) is 5.92 Å². The third kappa shape index (κ3) is 5.02. The molecule has 0 radical (unpaired) electrons. The number of esters is 2. The minimum atomic E-state index is -2.74. The lowest BCUT2D eigenvalue weighted by atomic mass is 9.53. The topological polar surface area (TPSA) is 197 Å². The number of ether oxygens (including phenoxy) is 3. The van der Waals surface area contributed by atoms with Crippen LogP contribution in [-0.4, -0.2) is 92.6 Å². The van der Waals surface area contributed by atoms with Crippen molar-refractivity contribution in [1.29, 1.82) is 0 Å². The van der Waals surface area contributed by atoms with E-state index in [0.717, 1.165) is 24.9 Å². The average Bonchev–Trinajstić information content (AvgIpc) is 3.18. The standard InChI is InChI=1S/C21H23NO5.C6H8O7/c1-11(23)25-16-6-4-13-10-15-14-5-7-17(26-12(2)24)20-21(14,8-9-22(15)3)18(13)19(16)27-20;7-3(8)1-6(13,5(11)12)2-4(9)10/h4-7,14-15,17,20H,8-10H2,1-3H3;13H,1-2H2,(H,7,8)(H,9,10)(H,11,12)/t14-,15+,17-,20-,21-;/m0./s1. The lowest BCUT2D eigenvalue weighted by Gasteiger charge is -2.56. The maximum atomic E-state index is 11.7. The molecule has 0 unspecified atom stereocenters. The van der Waals surface area contributed by atoms with Crippen molar-refractivity contribution in [3.8, 4) is 11.5 Å². The van der Waals surface area contributed by atoms with Crippen LogP contribution in [0.1, 0.15) is 44.2 Å². The van der Waals surface area contributed by atoms with E-state index in [0.29, 0.717) is 17.5 Å². The first-order valence-electron chi connectivity index (χ1n) is 12.7. The Kier molecular flexibility index (Phi) is 7.65. The van der Waals surface area contributed by atoms with Crippen LogP contribution in [0.2, 0.25) is 0 Å². The Labute approximate surface area is 228 Å². The summed E-state index contributed by atoms with van der Waals surface area (Å²) in [7, 11) is 2.17. The quantitative estimate of drug-likeness (QED) is 0.207. The molecule has 13 heteroatoms. The summed E-state index contributed by atoms with van der Waals surface area (Å²) in [5, 5.41) is 33.8. The number of carboxylic acids is 3. The summed E-state index contributed by atoms with van der Waals surface area (Å²) in [5.41, 5.74) is -0.585. The van der Waals surface area contributed by atoms with Crippen LogP contribution in [0, 0.1) is 5.92 Å². The fourth-order valence-electron chi connectivity index (χ4n) is 6.45. The van der Waals surface area contributed by atoms with Gasteiger partial charge in [0.05, 0.1) is 12.8 Å². The monoisotopic (exact) mass is 561 g/mol. The molecule has 0 aromatic heterocycles. The van der Waals surface area contributed by atoms with Gasteiger partial charge in [-0.3, -0.25) is 19.2 Å². The number of piperidine rings is 1. The number of aliphatic carboxylic acids is 3. The fourth-order valence-corrected chi connectivity index (χ4v) is 6.45. The van der Waals surface area contributed by atoms with Crippen molar-refractivity contribution in [3.05, 3.63) is 35.4 Å². The molecule has 5 atom stereocenters. The van der Waals surface area contributed by atoms with E-state index in [9.17, 15) is 24.0 Å². The molecule has 0 saturated carbocycles. The molecule has 1 aromatic rings. The van der Waals surface area contributed by atoms with Crippen molar-refractivity contribution in [2.75, 3.05) is 13.6 Å². The normalized spacial score (nSPS) is 27.3. The second-order valence-electron chi connectivity index (χ2n) is 10.6. The summed E-state index contributed by atoms with van der Waals surface area (Å²) < 4.78 is 17.5. The van der Waals surface area contributed by atoms with Crippen molar-refractivity contribution in [2.45, 2.75) is 68.8 Å². The van der Waals surface area contributed by atoms with Crippen LogP contribution >= 0.6 is 0 Å². The SMILES string of the molecule is CC(=O)Oc1ccc2c3c1O[C@H]1[C@@H](OC(C)=O)C=C[C@H]4[C@@H](C2)N(C)CC[C@@]341.O=C(O)CC(O)(CC(=O)O)C(=O)O. The summed E-state index contributed by atoms with van der Waals surface area (Å²) in [6.45, 7) is 3.77. The molecule has 1 saturated heterocycles. The summed E-state index contributed by atoms with van der Waals surface area (Å²) in [5.74, 6) is -4.31. The number of likely N-dealkylation sites (N-methyl/N-ethyl adjacent to an activating group) is 1. The van der Waals surface area contributed by atoms with Crippen LogP contribution in [0.4, 0.5) is 0 Å². The largest absolute Gasteiger partial charge is 0.481 e. The van der Waals surface area contributed by atoms with Gasteiger partial charge >= 0.3 is 29.8 Å². The van der Waals surface area contributed by atoms with Gasteiger partial charge in [-0.25, -0.2) is 4.79 Å². The van der Waals surface area contributed by atoms with Gasteiger partial charge in [-0.05, 0) is 44.1 Å². The first-order valence-corrected chi connectivity index (χ1v) is 12.7. The highest BCUT2D eigenvalue weighted by molar-refractivity contribution is 5.88. The Morgan fingerprint density at radius 1 is 1.05 bits per heavy atom. The van der Waals surface area contributed by atoms with Crippen molar-refractivity contribution in [1.82, 2.24) is 4.90 Å². The predicted molar refractivity (Wildman–Crippen MR) is 134 cm³/mol. The number of carboxylic acid groups (broad SMARTS) is 3. The Morgan fingerprint density at radius 3 is 2.25 bits per heavy atom. The Balaban J connectivity index is 0.000000243. The lowest BCUT2D eigenvalue weighted by Crippen LogP contribution is -2.65. The van der Waals surface area contributed by atoms with Crippen LogP contribution in [0.5, 0.6) is 11.5 Å². The fraction of sp³-hybridized carbons (Fsp3) is 0.519. The molecule has 40 heavy (non-hydrogen) atoms. The molecular formula is C27H31NO12. The van der Waals surface area contributed by atoms with Gasteiger partial charge in [0, 0.05) is 36.8 Å². The second-order valence-corrected chi connectivity index (χ2v) is 10.6. The van der Waals surface area contributed by atoms with E-state index in [1.54, 1.807) is 0 Å². The summed E-state index contributed by atoms with van der Waals surface area (Å²) >= 11 is 0. The number of aliphatic hydroxyl groups is 1. The summed E-state index contributed by atoms with van der Waals surface area (Å²) in [6.07, 6.45) is 3.02. The first kappa shape index (κ1) is 29.0. The molecule has 2 bridgehead atoms. The molecule has 2 heterocycles. The summed E-state index contributed by atoms with van der Waals surface area (Å²) in [6, 6.07) is 4.28. The van der Waals surface area contributed by atoms with Crippen LogP contribution < -0.4 is 9.47 Å². The zero-order chi connectivity index (χ0) is 29.6. The molecule has 216 valence electrons. The van der Waals surface area contributed by atoms with E-state index >= 15 is 0 Å². The highest BCUT2D eigenvalue weighted by atomic mass is 16.6. The van der Waals surface area contributed by atoms with E-state index in [1.165, 1.54) is 19.4 Å². The van der Waals surface area contributed by atoms with Crippen LogP contribution in [-0.2, 0) is 40.5 Å². The van der Waals surface area contributed by atoms with Gasteiger partial charge in [-0.1, -0.05) is 12.1 Å². The molecule has 4 aliphatic rings. The second kappa shape index (κ2) is 10.5. The number of carbonyl (C=O) groups is 5. The van der Waals surface area contributed by atoms with Crippen molar-refractivity contribution < 1.29 is 58.6 Å². The maximum Gasteiger partial charge on any atom is 0.336 e. The number of likely N-dealkylation sites (tertiary alicyclic amines) is 1. The van der Waals surface area contributed by atoms with Gasteiger partial charge in [0.15, 0.2) is 23.2 Å². The Bertz CT molecular complexity index is 1270. The number of benzene rings is 1. The molecule has 2 aliphatic heterocycles. The van der Waals surface area contributed by atoms with Gasteiger partial charge < -0.3 is 39.5 Å². The highest BCUT2D eigenvalue weighted by Crippen LogP contribution is 2.62. The van der Waals surface area contributed by atoms with Gasteiger partial charge in [-0.15, -0.1) is 0 Å². The minimum Gasteiger partial charge on any atom is -0.481 e. The van der Waals surface area contributed by atoms with E-state index < -0.39 is 42.5 Å². The van der Waals surface area contributed by atoms with E-state index in [-0.39, 0.29) is 29.4 Å². The van der Waals surface area contributed by atoms with Crippen LogP contribution in [0.3, 0.4) is 0 Å². The summed E-state index contributed by atoms with van der Waals surface area (Å²) in [4.78, 5) is 56.2. The van der Waals surface area contributed by atoms with Crippen molar-refractivity contribution in [3.63, 3.8) is 0 Å². The highest BCUT2D eigenvalue weighted by Gasteiger charge is 2.65. The lowest BCUT2D eigenvalue weighted by molar-refractivity contribution is -0.170. The number of hydrogen-bond donors (Lipinski definition) is 4. The van der Waals surface area contributed by atoms with E-state index in [2.05, 4.69) is 24.1 Å². The van der Waals surface area contributed by atoms with Crippen molar-refractivity contribution >= 4 is 29.8 Å². The molecule has 1 fully saturated rings. The van der Waals surface area contributed by atoms with Gasteiger partial charge in [0.25, 0.3) is 0 Å². The number of carbonyl (C=O) groups excluding carboxylic acids is 2. The molecule has 4 N–H and O–H groups in total. The molecule has 13 nitrogen and oxygen atoms in total. The van der Waals surface area contributed by atoms with Gasteiger partial charge in [-0.2, -0.15) is 0 Å². The molecule has 1 spiro atoms. The molecule has 0 amide bonds. The first-order chi connectivity index (χ1) is 18.7. The van der Waals surface area contributed by atoms with Crippen LogP contribution in [0.15, 0.2) is 24.3 Å². The average molecular weight is 562 g/mol. The Morgan fingerprint density at radius 2 is 1.70 bits per heavy atom. The van der Waals surface area contributed by atoms with Gasteiger partial charge in [0.2, 0.25) is 0 Å². The predicted octanol–water partition coefficient (Wildman–Crippen LogP) is 0.740. The third-order valence-electron chi connectivity index (χ3n) is 7.96. The molecule has 5 rings (SSSR count). The maximum absolute atomic E-state index is 11.7. The Hall–Kier alpha value is -3.97. The minimum absolute atomic E-state index is 0.245. The van der Waals surface area contributed by atoms with E-state index in [4.69, 9.17) is 34.6 Å². The zero-order valence-electron chi connectivity index (χ0n) is 22.2.